The lowest BCUT2D eigenvalue weighted by molar-refractivity contribution is -0.156. The number of likely N-dealkylation sites (N-methyl/N-ethyl adjacent to an activating group) is 2. The van der Waals surface area contributed by atoms with Gasteiger partial charge < -0.3 is 14.9 Å². The van der Waals surface area contributed by atoms with Crippen LogP contribution in [0.5, 0.6) is 0 Å². The number of aliphatic carboxylic acids is 1. The molecule has 0 aromatic carbocycles. The van der Waals surface area contributed by atoms with Crippen LogP contribution in [0.4, 0.5) is 0 Å². The standard InChI is InChI=1S/C9H16N2O3/c1-7(12)11(3)9(8(13)14)4-5-10(2)6-9/h4-6H2,1-3H3,(H,13,14). The second kappa shape index (κ2) is 3.57. The normalized spacial score (nSPS) is 27.6. The zero-order valence-electron chi connectivity index (χ0n) is 8.78. The van der Waals surface area contributed by atoms with Gasteiger partial charge in [-0.25, -0.2) is 4.79 Å². The lowest BCUT2D eigenvalue weighted by Gasteiger charge is -2.33. The Labute approximate surface area is 83.3 Å². The summed E-state index contributed by atoms with van der Waals surface area (Å²) in [5.41, 5.74) is -1.03. The summed E-state index contributed by atoms with van der Waals surface area (Å²) >= 11 is 0. The molecule has 1 aliphatic heterocycles. The maximum Gasteiger partial charge on any atom is 0.331 e. The van der Waals surface area contributed by atoms with Crippen LogP contribution >= 0.6 is 0 Å². The third-order valence-electron chi connectivity index (χ3n) is 2.95. The Bertz CT molecular complexity index is 267. The molecule has 80 valence electrons. The molecule has 1 heterocycles. The van der Waals surface area contributed by atoms with Crippen molar-refractivity contribution in [1.29, 1.82) is 0 Å². The van der Waals surface area contributed by atoms with Crippen molar-refractivity contribution >= 4 is 11.9 Å². The van der Waals surface area contributed by atoms with Crippen LogP contribution in [0.15, 0.2) is 0 Å². The van der Waals surface area contributed by atoms with Crippen LogP contribution in [0, 0.1) is 0 Å². The first-order valence-electron chi connectivity index (χ1n) is 4.56. The van der Waals surface area contributed by atoms with Crippen LogP contribution in [0.3, 0.4) is 0 Å². The molecular formula is C9H16N2O3. The number of rotatable bonds is 2. The monoisotopic (exact) mass is 200 g/mol. The number of hydrogen-bond acceptors (Lipinski definition) is 3. The highest BCUT2D eigenvalue weighted by atomic mass is 16.4. The molecule has 5 heteroatoms. The summed E-state index contributed by atoms with van der Waals surface area (Å²) in [6, 6.07) is 0. The van der Waals surface area contributed by atoms with E-state index >= 15 is 0 Å². The largest absolute Gasteiger partial charge is 0.479 e. The molecule has 1 atom stereocenters. The van der Waals surface area contributed by atoms with Gasteiger partial charge in [0.05, 0.1) is 0 Å². The Hall–Kier alpha value is -1.10. The molecule has 1 aliphatic rings. The van der Waals surface area contributed by atoms with Crippen LogP contribution in [0.25, 0.3) is 0 Å². The minimum absolute atomic E-state index is 0.206. The maximum absolute atomic E-state index is 11.2. The lowest BCUT2D eigenvalue weighted by atomic mass is 9.97. The highest BCUT2D eigenvalue weighted by molar-refractivity contribution is 5.86. The highest BCUT2D eigenvalue weighted by Crippen LogP contribution is 2.26. The first-order valence-corrected chi connectivity index (χ1v) is 4.56. The average molecular weight is 200 g/mol. The van der Waals surface area contributed by atoms with Crippen LogP contribution in [-0.2, 0) is 9.59 Å². The van der Waals surface area contributed by atoms with Crippen molar-refractivity contribution in [3.05, 3.63) is 0 Å². The second-order valence-electron chi connectivity index (χ2n) is 3.90. The van der Waals surface area contributed by atoms with Crippen molar-refractivity contribution in [3.8, 4) is 0 Å². The molecule has 0 aliphatic carbocycles. The molecule has 1 N–H and O–H groups in total. The summed E-state index contributed by atoms with van der Waals surface area (Å²) in [6.07, 6.45) is 0.495. The lowest BCUT2D eigenvalue weighted by Crippen LogP contribution is -2.56. The molecule has 14 heavy (non-hydrogen) atoms. The first kappa shape index (κ1) is 11.0. The molecule has 1 rings (SSSR count). The Morgan fingerprint density at radius 2 is 2.07 bits per heavy atom. The van der Waals surface area contributed by atoms with E-state index < -0.39 is 11.5 Å². The number of carboxylic acids is 1. The zero-order chi connectivity index (χ0) is 10.9. The fourth-order valence-corrected chi connectivity index (χ4v) is 1.87. The number of carbonyl (C=O) groups is 2. The Kier molecular flexibility index (Phi) is 2.80. The Morgan fingerprint density at radius 3 is 2.36 bits per heavy atom. The SMILES string of the molecule is CC(=O)N(C)C1(C(=O)O)CCN(C)C1. The zero-order valence-corrected chi connectivity index (χ0v) is 8.78. The fourth-order valence-electron chi connectivity index (χ4n) is 1.87. The molecule has 0 spiro atoms. The average Bonchev–Trinajstić information content (AvgIpc) is 2.47. The van der Waals surface area contributed by atoms with E-state index in [1.165, 1.54) is 11.8 Å². The third-order valence-corrected chi connectivity index (χ3v) is 2.95. The number of carboxylic acid groups (broad SMARTS) is 1. The number of amides is 1. The van der Waals surface area contributed by atoms with Gasteiger partial charge in [-0.1, -0.05) is 0 Å². The van der Waals surface area contributed by atoms with Crippen molar-refractivity contribution < 1.29 is 14.7 Å². The molecule has 0 aromatic heterocycles. The van der Waals surface area contributed by atoms with Crippen LogP contribution in [0.1, 0.15) is 13.3 Å². The minimum Gasteiger partial charge on any atom is -0.479 e. The van der Waals surface area contributed by atoms with Gasteiger partial charge >= 0.3 is 5.97 Å². The predicted molar refractivity (Wildman–Crippen MR) is 50.9 cm³/mol. The molecule has 1 unspecified atom stereocenters. The first-order chi connectivity index (χ1) is 6.40. The fraction of sp³-hybridized carbons (Fsp3) is 0.778. The molecule has 0 radical (unpaired) electrons. The maximum atomic E-state index is 11.2. The smallest absolute Gasteiger partial charge is 0.331 e. The molecule has 1 saturated heterocycles. The van der Waals surface area contributed by atoms with E-state index in [1.54, 1.807) is 7.05 Å². The van der Waals surface area contributed by atoms with Crippen molar-refractivity contribution in [2.75, 3.05) is 27.2 Å². The van der Waals surface area contributed by atoms with Crippen molar-refractivity contribution in [1.82, 2.24) is 9.80 Å². The third kappa shape index (κ3) is 1.59. The van der Waals surface area contributed by atoms with E-state index in [0.717, 1.165) is 0 Å². The topological polar surface area (TPSA) is 60.9 Å². The number of hydrogen-bond donors (Lipinski definition) is 1. The molecule has 0 saturated carbocycles. The summed E-state index contributed by atoms with van der Waals surface area (Å²) in [6.45, 7) is 2.51. The van der Waals surface area contributed by atoms with Gasteiger partial charge in [-0.15, -0.1) is 0 Å². The van der Waals surface area contributed by atoms with Crippen LogP contribution in [0.2, 0.25) is 0 Å². The van der Waals surface area contributed by atoms with Gasteiger partial charge in [-0.2, -0.15) is 0 Å². The summed E-state index contributed by atoms with van der Waals surface area (Å²) in [4.78, 5) is 25.6. The molecule has 1 amide bonds. The number of carbonyl (C=O) groups excluding carboxylic acids is 1. The highest BCUT2D eigenvalue weighted by Gasteiger charge is 2.48. The molecule has 5 nitrogen and oxygen atoms in total. The Balaban J connectivity index is 2.94. The summed E-state index contributed by atoms with van der Waals surface area (Å²) in [7, 11) is 3.41. The summed E-state index contributed by atoms with van der Waals surface area (Å²) < 4.78 is 0. The Morgan fingerprint density at radius 1 is 1.50 bits per heavy atom. The van der Waals surface area contributed by atoms with Gasteiger partial charge in [0.1, 0.15) is 0 Å². The quantitative estimate of drug-likeness (QED) is 0.660. The molecular weight excluding hydrogens is 184 g/mol. The van der Waals surface area contributed by atoms with Gasteiger partial charge in [0.15, 0.2) is 5.54 Å². The van der Waals surface area contributed by atoms with Gasteiger partial charge in [0.25, 0.3) is 0 Å². The molecule has 0 bridgehead atoms. The summed E-state index contributed by atoms with van der Waals surface area (Å²) in [5, 5.41) is 9.18. The molecule has 0 aromatic rings. The van der Waals surface area contributed by atoms with Gasteiger partial charge in [-0.05, 0) is 13.5 Å². The van der Waals surface area contributed by atoms with E-state index in [1.807, 2.05) is 11.9 Å². The van der Waals surface area contributed by atoms with Gasteiger partial charge in [0.2, 0.25) is 5.91 Å². The van der Waals surface area contributed by atoms with Crippen LogP contribution < -0.4 is 0 Å². The summed E-state index contributed by atoms with van der Waals surface area (Å²) in [5.74, 6) is -1.12. The van der Waals surface area contributed by atoms with E-state index in [-0.39, 0.29) is 5.91 Å². The second-order valence-corrected chi connectivity index (χ2v) is 3.90. The van der Waals surface area contributed by atoms with Crippen molar-refractivity contribution in [2.24, 2.45) is 0 Å². The van der Waals surface area contributed by atoms with E-state index in [0.29, 0.717) is 19.5 Å². The van der Waals surface area contributed by atoms with E-state index in [2.05, 4.69) is 0 Å². The van der Waals surface area contributed by atoms with Crippen molar-refractivity contribution in [2.45, 2.75) is 18.9 Å². The van der Waals surface area contributed by atoms with Gasteiger partial charge in [-0.3, -0.25) is 4.79 Å². The van der Waals surface area contributed by atoms with E-state index in [9.17, 15) is 14.7 Å². The molecule has 1 fully saturated rings. The van der Waals surface area contributed by atoms with Crippen molar-refractivity contribution in [3.63, 3.8) is 0 Å². The van der Waals surface area contributed by atoms with Crippen LogP contribution in [-0.4, -0.2) is 59.5 Å². The van der Waals surface area contributed by atoms with Gasteiger partial charge in [0, 0.05) is 27.1 Å². The van der Waals surface area contributed by atoms with E-state index in [4.69, 9.17) is 0 Å². The minimum atomic E-state index is -1.03. The number of nitrogens with zero attached hydrogens (tertiary/aromatic N) is 2. The number of likely N-dealkylation sites (tertiary alicyclic amines) is 1. The predicted octanol–water partition coefficient (Wildman–Crippen LogP) is -0.376.